The smallest absolute Gasteiger partial charge is 0.252 e. The van der Waals surface area contributed by atoms with Gasteiger partial charge in [-0.15, -0.1) is 6.58 Å². The molecule has 0 aromatic carbocycles. The van der Waals surface area contributed by atoms with E-state index < -0.39 is 6.16 Å². The molecule has 0 aromatic heterocycles. The minimum Gasteiger partial charge on any atom is -0.546 e. The average molecular weight is 301 g/mol. The zero-order valence-corrected chi connectivity index (χ0v) is 14.5. The maximum absolute atomic E-state index is 9.38. The molecule has 0 radical (unpaired) electrons. The predicted octanol–water partition coefficient (Wildman–Crippen LogP) is 3.37. The standard InChI is InChI=1S/C13H30N.C4H6O3/c1-5-6-7-8-9-10-11-12-13-14(2,3)4;1-2-3-7-4(5)6/h5-13H2,1-4H3;2H,1,3H2,(H,5,6)/q+1;/p-1. The van der Waals surface area contributed by atoms with E-state index in [1.54, 1.807) is 0 Å². The topological polar surface area (TPSA) is 49.4 Å². The number of carboxylic acid groups (broad SMARTS) is 1. The quantitative estimate of drug-likeness (QED) is 0.254. The lowest BCUT2D eigenvalue weighted by molar-refractivity contribution is -0.870. The van der Waals surface area contributed by atoms with Crippen LogP contribution in [-0.2, 0) is 4.74 Å². The molecule has 0 aliphatic rings. The number of rotatable bonds is 11. The molecule has 4 nitrogen and oxygen atoms in total. The van der Waals surface area contributed by atoms with Crippen LogP contribution in [0.25, 0.3) is 0 Å². The van der Waals surface area contributed by atoms with Crippen molar-refractivity contribution in [2.75, 3.05) is 34.3 Å². The molecule has 0 aliphatic carbocycles. The van der Waals surface area contributed by atoms with Crippen molar-refractivity contribution in [3.8, 4) is 0 Å². The number of ether oxygens (including phenoxy) is 1. The van der Waals surface area contributed by atoms with Crippen LogP contribution in [0, 0.1) is 0 Å². The van der Waals surface area contributed by atoms with Gasteiger partial charge in [0.25, 0.3) is 6.16 Å². The Kier molecular flexibility index (Phi) is 16.3. The highest BCUT2D eigenvalue weighted by Gasteiger charge is 2.04. The summed E-state index contributed by atoms with van der Waals surface area (Å²) in [6.07, 6.45) is 11.2. The molecule has 0 spiro atoms. The van der Waals surface area contributed by atoms with Gasteiger partial charge in [-0.05, 0) is 12.8 Å². The number of hydrogen-bond acceptors (Lipinski definition) is 3. The summed E-state index contributed by atoms with van der Waals surface area (Å²) in [7, 11) is 6.84. The largest absolute Gasteiger partial charge is 0.546 e. The molecule has 126 valence electrons. The van der Waals surface area contributed by atoms with Crippen LogP contribution in [0.5, 0.6) is 0 Å². The van der Waals surface area contributed by atoms with Crippen LogP contribution in [-0.4, -0.2) is 44.9 Å². The minimum absolute atomic E-state index is 0.00231. The first kappa shape index (κ1) is 22.3. The van der Waals surface area contributed by atoms with Crippen LogP contribution in [0.2, 0.25) is 0 Å². The van der Waals surface area contributed by atoms with Crippen molar-refractivity contribution >= 4 is 6.16 Å². The lowest BCUT2D eigenvalue weighted by atomic mass is 10.1. The van der Waals surface area contributed by atoms with E-state index in [0.717, 1.165) is 4.48 Å². The molecule has 0 amide bonds. The van der Waals surface area contributed by atoms with Gasteiger partial charge in [0.05, 0.1) is 27.7 Å². The molecular weight excluding hydrogens is 266 g/mol. The Labute approximate surface area is 131 Å². The van der Waals surface area contributed by atoms with E-state index >= 15 is 0 Å². The number of carbonyl (C=O) groups excluding carboxylic acids is 1. The lowest BCUT2D eigenvalue weighted by Crippen LogP contribution is -2.35. The van der Waals surface area contributed by atoms with Gasteiger partial charge in [0.2, 0.25) is 0 Å². The Morgan fingerprint density at radius 1 is 1.05 bits per heavy atom. The summed E-state index contributed by atoms with van der Waals surface area (Å²) in [6, 6.07) is 0. The Hall–Kier alpha value is -1.03. The van der Waals surface area contributed by atoms with Crippen molar-refractivity contribution < 1.29 is 19.1 Å². The van der Waals surface area contributed by atoms with Crippen LogP contribution >= 0.6 is 0 Å². The summed E-state index contributed by atoms with van der Waals surface area (Å²) in [5.41, 5.74) is 0. The Morgan fingerprint density at radius 3 is 1.86 bits per heavy atom. The second-order valence-electron chi connectivity index (χ2n) is 6.34. The van der Waals surface area contributed by atoms with E-state index in [9.17, 15) is 9.90 Å². The molecule has 0 bridgehead atoms. The van der Waals surface area contributed by atoms with Gasteiger partial charge in [0.15, 0.2) is 0 Å². The number of quaternary nitrogens is 1. The monoisotopic (exact) mass is 301 g/mol. The van der Waals surface area contributed by atoms with Crippen molar-refractivity contribution in [1.29, 1.82) is 0 Å². The fourth-order valence-corrected chi connectivity index (χ4v) is 1.85. The molecular formula is C17H35NO3. The summed E-state index contributed by atoms with van der Waals surface area (Å²) in [5.74, 6) is 0. The summed E-state index contributed by atoms with van der Waals surface area (Å²) in [6.45, 7) is 6.83. The molecule has 0 N–H and O–H groups in total. The first-order chi connectivity index (χ1) is 9.83. The number of hydrogen-bond donors (Lipinski definition) is 0. The van der Waals surface area contributed by atoms with Gasteiger partial charge in [-0.25, -0.2) is 0 Å². The van der Waals surface area contributed by atoms with Crippen LogP contribution in [0.15, 0.2) is 12.7 Å². The van der Waals surface area contributed by atoms with Crippen molar-refractivity contribution in [3.63, 3.8) is 0 Å². The fraction of sp³-hybridized carbons (Fsp3) is 0.824. The summed E-state index contributed by atoms with van der Waals surface area (Å²) in [5, 5.41) is 9.38. The van der Waals surface area contributed by atoms with Crippen molar-refractivity contribution in [1.82, 2.24) is 0 Å². The highest BCUT2D eigenvalue weighted by Crippen LogP contribution is 2.09. The van der Waals surface area contributed by atoms with Crippen LogP contribution in [0.1, 0.15) is 58.3 Å². The summed E-state index contributed by atoms with van der Waals surface area (Å²) >= 11 is 0. The Balaban J connectivity index is 0. The lowest BCUT2D eigenvalue weighted by Gasteiger charge is -2.23. The zero-order valence-electron chi connectivity index (χ0n) is 14.5. The first-order valence-corrected chi connectivity index (χ1v) is 8.08. The van der Waals surface area contributed by atoms with E-state index in [4.69, 9.17) is 0 Å². The molecule has 21 heavy (non-hydrogen) atoms. The fourth-order valence-electron chi connectivity index (χ4n) is 1.85. The van der Waals surface area contributed by atoms with Crippen LogP contribution in [0.3, 0.4) is 0 Å². The molecule has 0 rings (SSSR count). The second-order valence-corrected chi connectivity index (χ2v) is 6.34. The maximum Gasteiger partial charge on any atom is 0.252 e. The highest BCUT2D eigenvalue weighted by molar-refractivity contribution is 5.54. The normalized spacial score (nSPS) is 10.5. The molecule has 0 heterocycles. The van der Waals surface area contributed by atoms with E-state index in [-0.39, 0.29) is 6.61 Å². The highest BCUT2D eigenvalue weighted by atomic mass is 16.7. The van der Waals surface area contributed by atoms with Gasteiger partial charge in [0, 0.05) is 6.61 Å². The molecule has 0 unspecified atom stereocenters. The van der Waals surface area contributed by atoms with Crippen molar-refractivity contribution in [3.05, 3.63) is 12.7 Å². The number of carbonyl (C=O) groups is 1. The molecule has 0 aliphatic heterocycles. The maximum atomic E-state index is 9.38. The Morgan fingerprint density at radius 2 is 1.52 bits per heavy atom. The zero-order chi connectivity index (χ0) is 16.6. The van der Waals surface area contributed by atoms with E-state index in [2.05, 4.69) is 39.4 Å². The van der Waals surface area contributed by atoms with E-state index in [1.165, 1.54) is 64.0 Å². The van der Waals surface area contributed by atoms with Gasteiger partial charge in [-0.3, -0.25) is 0 Å². The van der Waals surface area contributed by atoms with Crippen LogP contribution in [0.4, 0.5) is 4.79 Å². The van der Waals surface area contributed by atoms with E-state index in [1.807, 2.05) is 0 Å². The number of nitrogens with zero attached hydrogens (tertiary/aromatic N) is 1. The van der Waals surface area contributed by atoms with Gasteiger partial charge < -0.3 is 19.1 Å². The van der Waals surface area contributed by atoms with Crippen molar-refractivity contribution in [2.24, 2.45) is 0 Å². The van der Waals surface area contributed by atoms with Gasteiger partial charge in [0.1, 0.15) is 0 Å². The second kappa shape index (κ2) is 15.4. The molecule has 0 saturated heterocycles. The SMILES string of the molecule is C=CCOC(=O)[O-].CCCCCCCCCC[N+](C)(C)C. The summed E-state index contributed by atoms with van der Waals surface area (Å²) in [4.78, 5) is 9.38. The van der Waals surface area contributed by atoms with Gasteiger partial charge >= 0.3 is 0 Å². The third-order valence-electron chi connectivity index (χ3n) is 3.00. The molecule has 4 heteroatoms. The predicted molar refractivity (Wildman–Crippen MR) is 87.1 cm³/mol. The third kappa shape index (κ3) is 28.0. The van der Waals surface area contributed by atoms with Crippen molar-refractivity contribution in [2.45, 2.75) is 58.3 Å². The molecule has 0 aromatic rings. The number of unbranched alkanes of at least 4 members (excludes halogenated alkanes) is 7. The van der Waals surface area contributed by atoms with Gasteiger partial charge in [-0.2, -0.15) is 0 Å². The average Bonchev–Trinajstić information content (AvgIpc) is 2.39. The van der Waals surface area contributed by atoms with E-state index in [0.29, 0.717) is 0 Å². The molecule has 0 saturated carbocycles. The van der Waals surface area contributed by atoms with Crippen LogP contribution < -0.4 is 5.11 Å². The first-order valence-electron chi connectivity index (χ1n) is 8.08. The summed E-state index contributed by atoms with van der Waals surface area (Å²) < 4.78 is 5.00. The third-order valence-corrected chi connectivity index (χ3v) is 3.00. The molecule has 0 fully saturated rings. The molecule has 0 atom stereocenters. The van der Waals surface area contributed by atoms with Gasteiger partial charge in [-0.1, -0.05) is 51.5 Å². The Bertz CT molecular complexity index is 247. The minimum atomic E-state index is -1.51.